The highest BCUT2D eigenvalue weighted by Gasteiger charge is 2.08. The molecule has 1 atom stereocenters. The summed E-state index contributed by atoms with van der Waals surface area (Å²) < 4.78 is 25.6. The molecule has 0 amide bonds. The van der Waals surface area contributed by atoms with Crippen LogP contribution in [0.2, 0.25) is 0 Å². The molecule has 1 nitrogen and oxygen atoms in total. The first-order valence-corrected chi connectivity index (χ1v) is 4.92. The van der Waals surface area contributed by atoms with Crippen molar-refractivity contribution in [2.75, 3.05) is 6.54 Å². The lowest BCUT2D eigenvalue weighted by Crippen LogP contribution is -2.20. The minimum atomic E-state index is -0.358. The summed E-state index contributed by atoms with van der Waals surface area (Å²) >= 11 is 0. The zero-order chi connectivity index (χ0) is 11.3. The average molecular weight is 211 g/mol. The van der Waals surface area contributed by atoms with Crippen LogP contribution in [0.3, 0.4) is 0 Å². The van der Waals surface area contributed by atoms with Crippen LogP contribution in [0.15, 0.2) is 36.7 Å². The van der Waals surface area contributed by atoms with Crippen LogP contribution in [0.5, 0.6) is 0 Å². The fourth-order valence-corrected chi connectivity index (χ4v) is 1.36. The first kappa shape index (κ1) is 11.9. The van der Waals surface area contributed by atoms with Gasteiger partial charge in [0.05, 0.1) is 5.83 Å². The zero-order valence-corrected chi connectivity index (χ0v) is 8.76. The molecule has 15 heavy (non-hydrogen) atoms. The highest BCUT2D eigenvalue weighted by molar-refractivity contribution is 5.20. The van der Waals surface area contributed by atoms with Gasteiger partial charge in [-0.25, -0.2) is 8.78 Å². The van der Waals surface area contributed by atoms with Gasteiger partial charge >= 0.3 is 0 Å². The molecule has 0 fully saturated rings. The van der Waals surface area contributed by atoms with Gasteiger partial charge in [0.1, 0.15) is 5.82 Å². The molecule has 0 spiro atoms. The Bertz CT molecular complexity index is 336. The molecular weight excluding hydrogens is 196 g/mol. The monoisotopic (exact) mass is 211 g/mol. The Balaban J connectivity index is 2.50. The molecule has 1 aromatic carbocycles. The van der Waals surface area contributed by atoms with Gasteiger partial charge in [0, 0.05) is 24.6 Å². The van der Waals surface area contributed by atoms with Gasteiger partial charge in [0.2, 0.25) is 0 Å². The van der Waals surface area contributed by atoms with E-state index in [-0.39, 0.29) is 24.1 Å². The molecule has 0 heterocycles. The van der Waals surface area contributed by atoms with Gasteiger partial charge in [-0.15, -0.1) is 0 Å². The minimum absolute atomic E-state index is 0.120. The third kappa shape index (κ3) is 3.80. The molecule has 3 heteroatoms. The van der Waals surface area contributed by atoms with Crippen molar-refractivity contribution in [1.82, 2.24) is 5.32 Å². The number of rotatable bonds is 5. The summed E-state index contributed by atoms with van der Waals surface area (Å²) in [5, 5.41) is 3.03. The van der Waals surface area contributed by atoms with Crippen molar-refractivity contribution in [3.63, 3.8) is 0 Å². The van der Waals surface area contributed by atoms with E-state index in [9.17, 15) is 8.78 Å². The number of hydrogen-bond donors (Lipinski definition) is 1. The Labute approximate surface area is 88.8 Å². The van der Waals surface area contributed by atoms with E-state index < -0.39 is 0 Å². The Hall–Kier alpha value is -1.22. The minimum Gasteiger partial charge on any atom is -0.310 e. The summed E-state index contributed by atoms with van der Waals surface area (Å²) in [6, 6.07) is 6.45. The van der Waals surface area contributed by atoms with Gasteiger partial charge in [-0.05, 0) is 13.0 Å². The highest BCUT2D eigenvalue weighted by atomic mass is 19.1. The lowest BCUT2D eigenvalue weighted by Gasteiger charge is -2.14. The van der Waals surface area contributed by atoms with Gasteiger partial charge in [0.15, 0.2) is 0 Å². The van der Waals surface area contributed by atoms with Crippen molar-refractivity contribution in [3.8, 4) is 0 Å². The molecule has 82 valence electrons. The number of halogens is 2. The Morgan fingerprint density at radius 1 is 1.47 bits per heavy atom. The van der Waals surface area contributed by atoms with Gasteiger partial charge in [0.25, 0.3) is 0 Å². The molecule has 0 bridgehead atoms. The van der Waals surface area contributed by atoms with Crippen LogP contribution in [0.1, 0.15) is 24.9 Å². The summed E-state index contributed by atoms with van der Waals surface area (Å²) in [4.78, 5) is 0. The SMILES string of the molecule is C=C(F)CCN[C@H](C)c1ccccc1F. The molecule has 1 N–H and O–H groups in total. The second-order valence-electron chi connectivity index (χ2n) is 3.46. The second kappa shape index (κ2) is 5.61. The fourth-order valence-electron chi connectivity index (χ4n) is 1.36. The molecule has 1 rings (SSSR count). The standard InChI is InChI=1S/C12H15F2N/c1-9(13)7-8-15-10(2)11-5-3-4-6-12(11)14/h3-6,10,15H,1,7-8H2,2H3/t10-/m1/s1. The van der Waals surface area contributed by atoms with E-state index in [1.54, 1.807) is 18.2 Å². The van der Waals surface area contributed by atoms with Crippen molar-refractivity contribution in [3.05, 3.63) is 48.1 Å². The maximum Gasteiger partial charge on any atom is 0.127 e. The van der Waals surface area contributed by atoms with E-state index >= 15 is 0 Å². The topological polar surface area (TPSA) is 12.0 Å². The van der Waals surface area contributed by atoms with Crippen molar-refractivity contribution < 1.29 is 8.78 Å². The third-order valence-electron chi connectivity index (χ3n) is 2.22. The lowest BCUT2D eigenvalue weighted by molar-refractivity contribution is 0.506. The van der Waals surface area contributed by atoms with E-state index in [1.807, 2.05) is 6.92 Å². The summed E-state index contributed by atoms with van der Waals surface area (Å²) in [6.07, 6.45) is 0.263. The first-order valence-electron chi connectivity index (χ1n) is 4.92. The quantitative estimate of drug-likeness (QED) is 0.787. The van der Waals surface area contributed by atoms with E-state index in [1.165, 1.54) is 6.07 Å². The normalized spacial score (nSPS) is 12.5. The van der Waals surface area contributed by atoms with Crippen LogP contribution in [-0.4, -0.2) is 6.54 Å². The molecule has 0 aliphatic heterocycles. The molecular formula is C12H15F2N. The smallest absolute Gasteiger partial charge is 0.127 e. The summed E-state index contributed by atoms with van der Waals surface area (Å²) in [6.45, 7) is 5.47. The molecule has 0 aliphatic rings. The predicted octanol–water partition coefficient (Wildman–Crippen LogP) is 3.35. The molecule has 0 aliphatic carbocycles. The number of benzene rings is 1. The average Bonchev–Trinajstić information content (AvgIpc) is 2.17. The van der Waals surface area contributed by atoms with Crippen molar-refractivity contribution in [1.29, 1.82) is 0 Å². The lowest BCUT2D eigenvalue weighted by atomic mass is 10.1. The maximum atomic E-state index is 13.3. The van der Waals surface area contributed by atoms with Crippen molar-refractivity contribution in [2.45, 2.75) is 19.4 Å². The largest absolute Gasteiger partial charge is 0.310 e. The van der Waals surface area contributed by atoms with Gasteiger partial charge in [-0.2, -0.15) is 0 Å². The second-order valence-corrected chi connectivity index (χ2v) is 3.46. The summed E-state index contributed by atoms with van der Waals surface area (Å²) in [5.41, 5.74) is 0.599. The Morgan fingerprint density at radius 2 is 2.13 bits per heavy atom. The Kier molecular flexibility index (Phi) is 4.43. The van der Waals surface area contributed by atoms with Crippen LogP contribution >= 0.6 is 0 Å². The van der Waals surface area contributed by atoms with Gasteiger partial charge in [-0.1, -0.05) is 24.8 Å². The van der Waals surface area contributed by atoms with Gasteiger partial charge in [-0.3, -0.25) is 0 Å². The van der Waals surface area contributed by atoms with E-state index in [4.69, 9.17) is 0 Å². The molecule has 1 aromatic rings. The maximum absolute atomic E-state index is 13.3. The fraction of sp³-hybridized carbons (Fsp3) is 0.333. The Morgan fingerprint density at radius 3 is 2.73 bits per heavy atom. The number of nitrogens with one attached hydrogen (secondary N) is 1. The predicted molar refractivity (Wildman–Crippen MR) is 57.7 cm³/mol. The molecule has 0 saturated heterocycles. The van der Waals surface area contributed by atoms with E-state index in [0.29, 0.717) is 12.1 Å². The molecule has 0 radical (unpaired) electrons. The third-order valence-corrected chi connectivity index (χ3v) is 2.22. The van der Waals surface area contributed by atoms with Gasteiger partial charge < -0.3 is 5.32 Å². The van der Waals surface area contributed by atoms with Crippen LogP contribution in [-0.2, 0) is 0 Å². The van der Waals surface area contributed by atoms with Crippen LogP contribution in [0, 0.1) is 5.82 Å². The van der Waals surface area contributed by atoms with Crippen LogP contribution < -0.4 is 5.32 Å². The highest BCUT2D eigenvalue weighted by Crippen LogP contribution is 2.15. The van der Waals surface area contributed by atoms with Crippen LogP contribution in [0.4, 0.5) is 8.78 Å². The van der Waals surface area contributed by atoms with E-state index in [2.05, 4.69) is 11.9 Å². The first-order chi connectivity index (χ1) is 7.11. The van der Waals surface area contributed by atoms with Crippen molar-refractivity contribution in [2.24, 2.45) is 0 Å². The molecule has 0 unspecified atom stereocenters. The van der Waals surface area contributed by atoms with Crippen LogP contribution in [0.25, 0.3) is 0 Å². The van der Waals surface area contributed by atoms with E-state index in [0.717, 1.165) is 0 Å². The molecule has 0 aromatic heterocycles. The summed E-state index contributed by atoms with van der Waals surface area (Å²) in [5.74, 6) is -0.597. The molecule has 0 saturated carbocycles. The number of hydrogen-bond acceptors (Lipinski definition) is 1. The summed E-state index contributed by atoms with van der Waals surface area (Å²) in [7, 11) is 0. The zero-order valence-electron chi connectivity index (χ0n) is 8.76. The van der Waals surface area contributed by atoms with Crippen molar-refractivity contribution >= 4 is 0 Å².